The van der Waals surface area contributed by atoms with Crippen LogP contribution in [0.4, 0.5) is 0 Å². The zero-order chi connectivity index (χ0) is 9.49. The van der Waals surface area contributed by atoms with E-state index in [4.69, 9.17) is 30.1 Å². The van der Waals surface area contributed by atoms with Crippen molar-refractivity contribution in [2.75, 3.05) is 6.54 Å². The van der Waals surface area contributed by atoms with Gasteiger partial charge in [-0.25, -0.2) is 0 Å². The molecule has 0 heterocycles. The first kappa shape index (κ1) is 13.0. The first-order valence-corrected chi connectivity index (χ1v) is 3.72. The molecule has 0 amide bonds. The molecule has 0 saturated heterocycles. The summed E-state index contributed by atoms with van der Waals surface area (Å²) in [6.07, 6.45) is 0. The van der Waals surface area contributed by atoms with Crippen molar-refractivity contribution < 1.29 is 28.9 Å². The van der Waals surface area contributed by atoms with Crippen LogP contribution in [-0.4, -0.2) is 17.2 Å². The van der Waals surface area contributed by atoms with Gasteiger partial charge in [0.15, 0.2) is 5.96 Å². The Labute approximate surface area is 65.7 Å². The molecule has 0 aromatic heterocycles. The van der Waals surface area contributed by atoms with Crippen LogP contribution in [0.3, 0.4) is 0 Å². The van der Waals surface area contributed by atoms with Crippen LogP contribution in [0.25, 0.3) is 0 Å². The predicted octanol–water partition coefficient (Wildman–Crippen LogP) is -4.84. The van der Waals surface area contributed by atoms with Crippen molar-refractivity contribution in [2.24, 2.45) is 16.5 Å². The summed E-state index contributed by atoms with van der Waals surface area (Å²) in [5, 5.41) is 0. The first-order valence-electron chi connectivity index (χ1n) is 2.46. The molecule has 0 aliphatic heterocycles. The second kappa shape index (κ2) is 6.13. The molecule has 68 valence electrons. The second-order valence-electron chi connectivity index (χ2n) is 1.30. The molecule has 0 bridgehead atoms. The van der Waals surface area contributed by atoms with E-state index in [0.717, 1.165) is 0 Å². The van der Waals surface area contributed by atoms with Gasteiger partial charge in [0.1, 0.15) is 0 Å². The third kappa shape index (κ3) is 89.4. The number of nitrogens with zero attached hydrogens (tertiary/aromatic N) is 1. The van der Waals surface area contributed by atoms with Crippen molar-refractivity contribution in [3.05, 3.63) is 0 Å². The van der Waals surface area contributed by atoms with Crippen molar-refractivity contribution in [3.63, 3.8) is 0 Å². The minimum atomic E-state index is -4.69. The topological polar surface area (TPSA) is 154 Å². The molecule has 5 N–H and O–H groups in total. The Hall–Kier alpha value is -0.600. The highest BCUT2D eigenvalue weighted by Crippen LogP contribution is 1.60. The lowest BCUT2D eigenvalue weighted by molar-refractivity contribution is -1.92. The molecule has 0 aromatic rings. The fourth-order valence-corrected chi connectivity index (χ4v) is 0.183. The van der Waals surface area contributed by atoms with Crippen molar-refractivity contribution in [1.82, 2.24) is 0 Å². The van der Waals surface area contributed by atoms with Crippen LogP contribution in [0.2, 0.25) is 0 Å². The van der Waals surface area contributed by atoms with Crippen LogP contribution >= 0.6 is 0 Å². The molecular formula is C3H10ClN3O4. The van der Waals surface area contributed by atoms with Gasteiger partial charge in [0.25, 0.3) is 0 Å². The highest BCUT2D eigenvalue weighted by atomic mass is 35.7. The van der Waals surface area contributed by atoms with Crippen LogP contribution in [0.15, 0.2) is 4.99 Å². The normalized spacial score (nSPS) is 9.55. The summed E-state index contributed by atoms with van der Waals surface area (Å²) >= 11 is 0. The van der Waals surface area contributed by atoms with Gasteiger partial charge in [-0.2, -0.15) is 14.0 Å². The molecule has 7 nitrogen and oxygen atoms in total. The number of hydrogen-bond donors (Lipinski definition) is 3. The van der Waals surface area contributed by atoms with Crippen molar-refractivity contribution >= 4 is 5.96 Å². The summed E-state index contributed by atoms with van der Waals surface area (Å²) in [6.45, 7) is 2.54. The number of rotatable bonds is 1. The van der Waals surface area contributed by atoms with E-state index in [1.54, 1.807) is 0 Å². The average molecular weight is 188 g/mol. The third-order valence-corrected chi connectivity index (χ3v) is 0.341. The second-order valence-corrected chi connectivity index (χ2v) is 2.09. The standard InChI is InChI=1S/C3H9N3.ClHO4/c1-2-6-3(4)5;2-1(3,4)5/h2H2,1H3,(H4,4,5,6);(H,2,3,4,5). The zero-order valence-corrected chi connectivity index (χ0v) is 6.61. The zero-order valence-electron chi connectivity index (χ0n) is 5.86. The molecule has 0 rings (SSSR count). The molecule has 0 spiro atoms. The van der Waals surface area contributed by atoms with Gasteiger partial charge in [-0.05, 0) is 6.92 Å². The van der Waals surface area contributed by atoms with Crippen molar-refractivity contribution in [3.8, 4) is 0 Å². The Kier molecular flexibility index (Phi) is 7.26. The van der Waals surface area contributed by atoms with Gasteiger partial charge in [-0.1, -0.05) is 0 Å². The molecular weight excluding hydrogens is 178 g/mol. The first-order chi connectivity index (χ1) is 4.77. The number of nitrogens with two attached hydrogens (primary N) is 2. The summed E-state index contributed by atoms with van der Waals surface area (Å²) < 4.78 is 32.7. The van der Waals surface area contributed by atoms with Gasteiger partial charge < -0.3 is 11.5 Å². The van der Waals surface area contributed by atoms with E-state index in [0.29, 0.717) is 6.54 Å². The van der Waals surface area contributed by atoms with E-state index < -0.39 is 10.2 Å². The molecule has 0 aliphatic carbocycles. The number of halogens is 1. The van der Waals surface area contributed by atoms with Crippen LogP contribution in [0, 0.1) is 10.2 Å². The molecule has 0 aliphatic rings. The molecule has 11 heavy (non-hydrogen) atoms. The summed E-state index contributed by atoms with van der Waals surface area (Å²) in [7, 11) is -4.69. The Morgan fingerprint density at radius 1 is 1.45 bits per heavy atom. The molecule has 0 saturated carbocycles. The van der Waals surface area contributed by atoms with E-state index in [9.17, 15) is 0 Å². The smallest absolute Gasteiger partial charge is 0.185 e. The van der Waals surface area contributed by atoms with Gasteiger partial charge in [-0.15, -0.1) is 0 Å². The van der Waals surface area contributed by atoms with E-state index >= 15 is 0 Å². The Balaban J connectivity index is 0. The predicted molar refractivity (Wildman–Crippen MR) is 28.6 cm³/mol. The minimum Gasteiger partial charge on any atom is -0.370 e. The Morgan fingerprint density at radius 2 is 1.73 bits per heavy atom. The highest BCUT2D eigenvalue weighted by molar-refractivity contribution is 5.75. The summed E-state index contributed by atoms with van der Waals surface area (Å²) in [5.41, 5.74) is 9.86. The Bertz CT molecular complexity index is 112. The third-order valence-electron chi connectivity index (χ3n) is 0.341. The van der Waals surface area contributed by atoms with Crippen molar-refractivity contribution in [2.45, 2.75) is 6.92 Å². The number of hydrogen-bond acceptors (Lipinski definition) is 5. The van der Waals surface area contributed by atoms with Crippen LogP contribution < -0.4 is 25.4 Å². The number of aliphatic imine (C=N–C) groups is 1. The van der Waals surface area contributed by atoms with E-state index in [1.165, 1.54) is 0 Å². The fourth-order valence-electron chi connectivity index (χ4n) is 0.183. The maximum absolute atomic E-state index is 8.60. The molecule has 0 atom stereocenters. The van der Waals surface area contributed by atoms with Crippen molar-refractivity contribution in [1.29, 1.82) is 0 Å². The quantitative estimate of drug-likeness (QED) is 0.276. The maximum atomic E-state index is 8.60. The van der Waals surface area contributed by atoms with Crippen LogP contribution in [-0.2, 0) is 0 Å². The van der Waals surface area contributed by atoms with E-state index in [-0.39, 0.29) is 5.96 Å². The van der Waals surface area contributed by atoms with E-state index in [2.05, 4.69) is 4.99 Å². The fraction of sp³-hybridized carbons (Fsp3) is 0.667. The lowest BCUT2D eigenvalue weighted by Crippen LogP contribution is -2.58. The largest absolute Gasteiger partial charge is 0.370 e. The average Bonchev–Trinajstić information content (AvgIpc) is 1.58. The molecule has 0 fully saturated rings. The van der Waals surface area contributed by atoms with Gasteiger partial charge in [0, 0.05) is 6.54 Å². The lowest BCUT2D eigenvalue weighted by Gasteiger charge is -2.03. The maximum Gasteiger partial charge on any atom is 0.185 e. The number of guanidine groups is 1. The molecule has 0 aromatic carbocycles. The monoisotopic (exact) mass is 187 g/mol. The molecule has 8 heteroatoms. The van der Waals surface area contributed by atoms with Gasteiger partial charge in [0.2, 0.25) is 0 Å². The highest BCUT2D eigenvalue weighted by Gasteiger charge is 1.98. The summed E-state index contributed by atoms with van der Waals surface area (Å²) in [5.74, 6) is 0.164. The SMILES string of the molecule is CCN=C(N)N.[O-][Cl+3]([O-])([O-])O. The molecule has 0 radical (unpaired) electrons. The van der Waals surface area contributed by atoms with Crippen LogP contribution in [0.5, 0.6) is 0 Å². The van der Waals surface area contributed by atoms with Gasteiger partial charge in [0.05, 0.1) is 14.9 Å². The summed E-state index contributed by atoms with van der Waals surface area (Å²) in [6, 6.07) is 0. The summed E-state index contributed by atoms with van der Waals surface area (Å²) in [4.78, 5) is 3.60. The minimum absolute atomic E-state index is 0.164. The molecule has 0 unspecified atom stereocenters. The van der Waals surface area contributed by atoms with Gasteiger partial charge in [-0.3, -0.25) is 4.99 Å². The van der Waals surface area contributed by atoms with Gasteiger partial charge >= 0.3 is 0 Å². The van der Waals surface area contributed by atoms with E-state index in [1.807, 2.05) is 6.92 Å². The van der Waals surface area contributed by atoms with Crippen LogP contribution in [0.1, 0.15) is 6.92 Å². The Morgan fingerprint density at radius 3 is 1.73 bits per heavy atom. The lowest BCUT2D eigenvalue weighted by atomic mass is 10.8.